The summed E-state index contributed by atoms with van der Waals surface area (Å²) in [7, 11) is 0. The molecule has 2 aliphatic rings. The largest absolute Gasteiger partial charge is 0.481 e. The number of hydrogen-bond donors (Lipinski definition) is 1. The van der Waals surface area contributed by atoms with Gasteiger partial charge in [0.2, 0.25) is 5.91 Å². The molecule has 0 aromatic rings. The fourth-order valence-electron chi connectivity index (χ4n) is 2.51. The van der Waals surface area contributed by atoms with Crippen LogP contribution in [0.4, 0.5) is 0 Å². The summed E-state index contributed by atoms with van der Waals surface area (Å²) in [6, 6.07) is 0. The second-order valence-corrected chi connectivity index (χ2v) is 4.46. The lowest BCUT2D eigenvalue weighted by Gasteiger charge is -2.29. The zero-order valence-electron chi connectivity index (χ0n) is 9.22. The molecule has 1 saturated carbocycles. The number of rotatable bonds is 2. The molecule has 5 nitrogen and oxygen atoms in total. The van der Waals surface area contributed by atoms with Crippen molar-refractivity contribution in [2.75, 3.05) is 13.2 Å². The van der Waals surface area contributed by atoms with Crippen LogP contribution in [0.25, 0.3) is 0 Å². The Morgan fingerprint density at radius 3 is 2.50 bits per heavy atom. The van der Waals surface area contributed by atoms with E-state index in [-0.39, 0.29) is 11.8 Å². The Kier molecular flexibility index (Phi) is 3.43. The quantitative estimate of drug-likeness (QED) is 0.765. The highest BCUT2D eigenvalue weighted by molar-refractivity contribution is 5.84. The lowest BCUT2D eigenvalue weighted by molar-refractivity contribution is -0.203. The van der Waals surface area contributed by atoms with Crippen molar-refractivity contribution in [1.29, 1.82) is 0 Å². The third-order valence-electron chi connectivity index (χ3n) is 3.40. The fourth-order valence-corrected chi connectivity index (χ4v) is 2.51. The fraction of sp³-hybridized carbons (Fsp3) is 0.818. The van der Waals surface area contributed by atoms with Crippen molar-refractivity contribution in [3.05, 3.63) is 0 Å². The van der Waals surface area contributed by atoms with E-state index in [1.807, 2.05) is 0 Å². The number of hydrogen-bond acceptors (Lipinski definition) is 3. The highest BCUT2D eigenvalue weighted by atomic mass is 16.7. The Balaban J connectivity index is 1.99. The molecule has 90 valence electrons. The number of carbonyl (C=O) groups is 2. The van der Waals surface area contributed by atoms with Gasteiger partial charge in [-0.25, -0.2) is 5.06 Å². The number of carbonyl (C=O) groups excluding carboxylic acids is 1. The minimum atomic E-state index is -0.854. The maximum absolute atomic E-state index is 12.1. The Hall–Kier alpha value is -1.10. The van der Waals surface area contributed by atoms with E-state index in [1.54, 1.807) is 0 Å². The molecule has 0 radical (unpaired) electrons. The van der Waals surface area contributed by atoms with E-state index in [0.717, 1.165) is 19.3 Å². The van der Waals surface area contributed by atoms with Gasteiger partial charge in [-0.2, -0.15) is 0 Å². The zero-order valence-corrected chi connectivity index (χ0v) is 9.22. The maximum atomic E-state index is 12.1. The second kappa shape index (κ2) is 4.82. The minimum absolute atomic E-state index is 0.135. The van der Waals surface area contributed by atoms with Crippen LogP contribution in [0.1, 0.15) is 32.1 Å². The van der Waals surface area contributed by atoms with Gasteiger partial charge in [0.15, 0.2) is 0 Å². The molecule has 1 N–H and O–H groups in total. The summed E-state index contributed by atoms with van der Waals surface area (Å²) < 4.78 is 0. The molecule has 2 fully saturated rings. The van der Waals surface area contributed by atoms with Crippen LogP contribution in [-0.4, -0.2) is 35.2 Å². The first kappa shape index (κ1) is 11.4. The van der Waals surface area contributed by atoms with Crippen LogP contribution < -0.4 is 0 Å². The van der Waals surface area contributed by atoms with Gasteiger partial charge in [0.25, 0.3) is 0 Å². The molecule has 2 atom stereocenters. The first-order valence-corrected chi connectivity index (χ1v) is 5.87. The van der Waals surface area contributed by atoms with E-state index in [9.17, 15) is 9.59 Å². The van der Waals surface area contributed by atoms with Crippen LogP contribution >= 0.6 is 0 Å². The molecule has 1 aliphatic carbocycles. The minimum Gasteiger partial charge on any atom is -0.481 e. The van der Waals surface area contributed by atoms with Gasteiger partial charge in [-0.1, -0.05) is 6.42 Å². The summed E-state index contributed by atoms with van der Waals surface area (Å²) in [6.07, 6.45) is 4.02. The van der Waals surface area contributed by atoms with E-state index in [1.165, 1.54) is 5.06 Å². The Morgan fingerprint density at radius 1 is 1.12 bits per heavy atom. The zero-order chi connectivity index (χ0) is 11.5. The molecule has 0 unspecified atom stereocenters. The molecular weight excluding hydrogens is 210 g/mol. The number of carboxylic acid groups (broad SMARTS) is 1. The molecule has 1 aliphatic heterocycles. The number of hydroxylamine groups is 2. The molecular formula is C11H17NO4. The normalized spacial score (nSPS) is 30.4. The van der Waals surface area contributed by atoms with Gasteiger partial charge in [0.1, 0.15) is 0 Å². The SMILES string of the molecule is O=C(O)[C@H]1CCC[C@H]1C(=O)N1CCCCO1. The summed E-state index contributed by atoms with van der Waals surface area (Å²) in [4.78, 5) is 28.3. The first-order valence-electron chi connectivity index (χ1n) is 5.87. The summed E-state index contributed by atoms with van der Waals surface area (Å²) in [6.45, 7) is 1.16. The van der Waals surface area contributed by atoms with Crippen molar-refractivity contribution in [2.24, 2.45) is 11.8 Å². The molecule has 0 aromatic heterocycles. The lowest BCUT2D eigenvalue weighted by atomic mass is 9.95. The highest BCUT2D eigenvalue weighted by Gasteiger charge is 2.40. The molecule has 1 saturated heterocycles. The third kappa shape index (κ3) is 2.19. The van der Waals surface area contributed by atoms with Crippen LogP contribution in [0.3, 0.4) is 0 Å². The molecule has 16 heavy (non-hydrogen) atoms. The Labute approximate surface area is 94.3 Å². The van der Waals surface area contributed by atoms with Crippen LogP contribution in [0.2, 0.25) is 0 Å². The molecule has 5 heteroatoms. The Morgan fingerprint density at radius 2 is 1.88 bits per heavy atom. The molecule has 1 amide bonds. The van der Waals surface area contributed by atoms with Crippen LogP contribution in [0.15, 0.2) is 0 Å². The van der Waals surface area contributed by atoms with Crippen molar-refractivity contribution in [1.82, 2.24) is 5.06 Å². The van der Waals surface area contributed by atoms with Crippen molar-refractivity contribution in [2.45, 2.75) is 32.1 Å². The number of amides is 1. The predicted octanol–water partition coefficient (Wildman–Crippen LogP) is 1.04. The van der Waals surface area contributed by atoms with Gasteiger partial charge >= 0.3 is 5.97 Å². The average molecular weight is 227 g/mol. The van der Waals surface area contributed by atoms with Crippen LogP contribution in [0, 0.1) is 11.8 Å². The summed E-state index contributed by atoms with van der Waals surface area (Å²) >= 11 is 0. The van der Waals surface area contributed by atoms with Gasteiger partial charge in [-0.05, 0) is 25.7 Å². The van der Waals surface area contributed by atoms with Crippen molar-refractivity contribution < 1.29 is 19.5 Å². The van der Waals surface area contributed by atoms with Gasteiger partial charge in [-0.15, -0.1) is 0 Å². The topological polar surface area (TPSA) is 66.8 Å². The summed E-state index contributed by atoms with van der Waals surface area (Å²) in [5, 5.41) is 10.4. The van der Waals surface area contributed by atoms with E-state index >= 15 is 0 Å². The second-order valence-electron chi connectivity index (χ2n) is 4.46. The van der Waals surface area contributed by atoms with E-state index in [2.05, 4.69) is 0 Å². The molecule has 0 bridgehead atoms. The standard InChI is InChI=1S/C11H17NO4/c13-10(12-6-1-2-7-16-12)8-4-3-5-9(8)11(14)15/h8-9H,1-7H2,(H,14,15)/t8-,9+/m1/s1. The molecule has 0 spiro atoms. The lowest BCUT2D eigenvalue weighted by Crippen LogP contribution is -2.41. The van der Waals surface area contributed by atoms with Crippen LogP contribution in [0.5, 0.6) is 0 Å². The maximum Gasteiger partial charge on any atom is 0.307 e. The third-order valence-corrected chi connectivity index (χ3v) is 3.40. The molecule has 1 heterocycles. The number of nitrogens with zero attached hydrogens (tertiary/aromatic N) is 1. The van der Waals surface area contributed by atoms with Crippen molar-refractivity contribution in [3.8, 4) is 0 Å². The Bertz CT molecular complexity index is 286. The average Bonchev–Trinajstić information content (AvgIpc) is 2.78. The number of aliphatic carboxylic acids is 1. The summed E-state index contributed by atoms with van der Waals surface area (Å²) in [5.74, 6) is -1.88. The van der Waals surface area contributed by atoms with E-state index in [4.69, 9.17) is 9.94 Å². The number of carboxylic acids is 1. The van der Waals surface area contributed by atoms with Gasteiger partial charge in [0.05, 0.1) is 18.4 Å². The van der Waals surface area contributed by atoms with Crippen LogP contribution in [-0.2, 0) is 14.4 Å². The first-order chi connectivity index (χ1) is 7.70. The van der Waals surface area contributed by atoms with Crippen molar-refractivity contribution in [3.63, 3.8) is 0 Å². The predicted molar refractivity (Wildman–Crippen MR) is 55.4 cm³/mol. The van der Waals surface area contributed by atoms with Gasteiger partial charge in [-0.3, -0.25) is 14.4 Å². The molecule has 0 aromatic carbocycles. The van der Waals surface area contributed by atoms with E-state index < -0.39 is 11.9 Å². The monoisotopic (exact) mass is 227 g/mol. The van der Waals surface area contributed by atoms with E-state index in [0.29, 0.717) is 26.0 Å². The van der Waals surface area contributed by atoms with Gasteiger partial charge < -0.3 is 5.11 Å². The summed E-state index contributed by atoms with van der Waals surface area (Å²) in [5.41, 5.74) is 0. The smallest absolute Gasteiger partial charge is 0.307 e. The van der Waals surface area contributed by atoms with Gasteiger partial charge in [0, 0.05) is 6.54 Å². The highest BCUT2D eigenvalue weighted by Crippen LogP contribution is 2.33. The van der Waals surface area contributed by atoms with Crippen molar-refractivity contribution >= 4 is 11.9 Å². The molecule has 2 rings (SSSR count).